The summed E-state index contributed by atoms with van der Waals surface area (Å²) in [7, 11) is 1.53. The van der Waals surface area contributed by atoms with E-state index in [4.69, 9.17) is 0 Å². The molecule has 2 rings (SSSR count). The summed E-state index contributed by atoms with van der Waals surface area (Å²) in [5.41, 5.74) is 2.48. The lowest BCUT2D eigenvalue weighted by molar-refractivity contribution is -0.137. The fraction of sp³-hybridized carbons (Fsp3) is 0.429. The maximum Gasteiger partial charge on any atom is 0.246 e. The number of likely N-dealkylation sites (N-methyl/N-ethyl adjacent to an activating group) is 1. The third kappa shape index (κ3) is 2.76. The smallest absolute Gasteiger partial charge is 0.246 e. The maximum absolute atomic E-state index is 11.7. The van der Waals surface area contributed by atoms with Crippen molar-refractivity contribution >= 4 is 11.8 Å². The molecule has 1 aromatic carbocycles. The largest absolute Gasteiger partial charge is 0.305 e. The molecule has 1 saturated heterocycles. The molecule has 2 amide bonds. The number of benzene rings is 1. The minimum Gasteiger partial charge on any atom is -0.305 e. The summed E-state index contributed by atoms with van der Waals surface area (Å²) < 4.78 is 0. The van der Waals surface area contributed by atoms with Gasteiger partial charge in [-0.15, -0.1) is 0 Å². The number of hydrogen-bond acceptors (Lipinski definition) is 3. The van der Waals surface area contributed by atoms with Crippen LogP contribution in [0.3, 0.4) is 0 Å². The van der Waals surface area contributed by atoms with E-state index in [0.717, 1.165) is 6.42 Å². The van der Waals surface area contributed by atoms with Gasteiger partial charge in [-0.3, -0.25) is 14.5 Å². The highest BCUT2D eigenvalue weighted by atomic mass is 16.2. The maximum atomic E-state index is 11.7. The van der Waals surface area contributed by atoms with Gasteiger partial charge in [0.2, 0.25) is 11.8 Å². The van der Waals surface area contributed by atoms with E-state index in [0.29, 0.717) is 6.54 Å². The van der Waals surface area contributed by atoms with Crippen LogP contribution >= 0.6 is 0 Å². The average Bonchev–Trinajstić information content (AvgIpc) is 2.57. The lowest BCUT2D eigenvalue weighted by atomic mass is 10.1. The Morgan fingerprint density at radius 2 is 2.17 bits per heavy atom. The number of carbonyl (C=O) groups is 2. The molecule has 0 radical (unpaired) electrons. The van der Waals surface area contributed by atoms with Crippen molar-refractivity contribution in [3.05, 3.63) is 35.4 Å². The second-order valence-corrected chi connectivity index (χ2v) is 4.74. The van der Waals surface area contributed by atoms with Crippen LogP contribution in [0.1, 0.15) is 17.5 Å². The monoisotopic (exact) mass is 246 g/mol. The molecule has 4 nitrogen and oxygen atoms in total. The SMILES string of the molecule is Cc1cccc(CCNC2CC(=O)N(C)C2=O)c1. The lowest BCUT2D eigenvalue weighted by Crippen LogP contribution is -2.38. The molecule has 1 aliphatic rings. The first-order chi connectivity index (χ1) is 8.58. The molecule has 1 aromatic rings. The molecular weight excluding hydrogens is 228 g/mol. The molecule has 96 valence electrons. The zero-order chi connectivity index (χ0) is 13.1. The molecule has 0 spiro atoms. The Labute approximate surface area is 107 Å². The highest BCUT2D eigenvalue weighted by Gasteiger charge is 2.35. The normalized spacial score (nSPS) is 19.7. The van der Waals surface area contributed by atoms with Gasteiger partial charge in [0.15, 0.2) is 0 Å². The topological polar surface area (TPSA) is 49.4 Å². The number of nitrogens with zero attached hydrogens (tertiary/aromatic N) is 1. The Bertz CT molecular complexity index is 471. The highest BCUT2D eigenvalue weighted by molar-refractivity contribution is 6.05. The van der Waals surface area contributed by atoms with Crippen LogP contribution in [0.4, 0.5) is 0 Å². The van der Waals surface area contributed by atoms with Gasteiger partial charge in [0.05, 0.1) is 12.5 Å². The summed E-state index contributed by atoms with van der Waals surface area (Å²) in [6.45, 7) is 2.77. The fourth-order valence-electron chi connectivity index (χ4n) is 2.17. The van der Waals surface area contributed by atoms with E-state index >= 15 is 0 Å². The van der Waals surface area contributed by atoms with E-state index < -0.39 is 0 Å². The van der Waals surface area contributed by atoms with Gasteiger partial charge < -0.3 is 5.32 Å². The van der Waals surface area contributed by atoms with Crippen LogP contribution in [0.5, 0.6) is 0 Å². The van der Waals surface area contributed by atoms with Gasteiger partial charge in [-0.05, 0) is 25.5 Å². The van der Waals surface area contributed by atoms with E-state index in [1.807, 2.05) is 6.07 Å². The van der Waals surface area contributed by atoms with Crippen molar-refractivity contribution in [3.8, 4) is 0 Å². The van der Waals surface area contributed by atoms with Gasteiger partial charge in [0.25, 0.3) is 0 Å². The second kappa shape index (κ2) is 5.31. The van der Waals surface area contributed by atoms with E-state index in [1.165, 1.54) is 23.1 Å². The van der Waals surface area contributed by atoms with Crippen LogP contribution < -0.4 is 5.32 Å². The number of hydrogen-bond donors (Lipinski definition) is 1. The fourth-order valence-corrected chi connectivity index (χ4v) is 2.17. The summed E-state index contributed by atoms with van der Waals surface area (Å²) in [4.78, 5) is 24.2. The third-order valence-electron chi connectivity index (χ3n) is 3.27. The molecule has 0 aliphatic carbocycles. The minimum absolute atomic E-state index is 0.104. The standard InChI is InChI=1S/C14H18N2O2/c1-10-4-3-5-11(8-10)6-7-15-12-9-13(17)16(2)14(12)18/h3-5,8,12,15H,6-7,9H2,1-2H3. The predicted octanol–water partition coefficient (Wildman–Crippen LogP) is 0.884. The van der Waals surface area contributed by atoms with Gasteiger partial charge in [0.1, 0.15) is 0 Å². The summed E-state index contributed by atoms with van der Waals surface area (Å²) in [5.74, 6) is -0.225. The predicted molar refractivity (Wildman–Crippen MR) is 69.1 cm³/mol. The van der Waals surface area contributed by atoms with Gasteiger partial charge in [-0.25, -0.2) is 0 Å². The second-order valence-electron chi connectivity index (χ2n) is 4.74. The number of likely N-dealkylation sites (tertiary alicyclic amines) is 1. The van der Waals surface area contributed by atoms with Crippen molar-refractivity contribution in [3.63, 3.8) is 0 Å². The quantitative estimate of drug-likeness (QED) is 0.802. The summed E-state index contributed by atoms with van der Waals surface area (Å²) in [6.07, 6.45) is 1.15. The molecule has 4 heteroatoms. The first-order valence-electron chi connectivity index (χ1n) is 6.17. The molecule has 0 aromatic heterocycles. The van der Waals surface area contributed by atoms with Gasteiger partial charge >= 0.3 is 0 Å². The molecular formula is C14H18N2O2. The van der Waals surface area contributed by atoms with Crippen LogP contribution in [0.25, 0.3) is 0 Å². The molecule has 1 atom stereocenters. The van der Waals surface area contributed by atoms with Crippen molar-refractivity contribution in [2.24, 2.45) is 0 Å². The van der Waals surface area contributed by atoms with Crippen LogP contribution in [-0.4, -0.2) is 36.3 Å². The van der Waals surface area contributed by atoms with E-state index in [9.17, 15) is 9.59 Å². The van der Waals surface area contributed by atoms with E-state index in [1.54, 1.807) is 0 Å². The number of nitrogens with one attached hydrogen (secondary N) is 1. The molecule has 1 heterocycles. The van der Waals surface area contributed by atoms with Crippen LogP contribution in [0.15, 0.2) is 24.3 Å². The Balaban J connectivity index is 1.83. The molecule has 1 fully saturated rings. The number of carbonyl (C=O) groups excluding carboxylic acids is 2. The zero-order valence-electron chi connectivity index (χ0n) is 10.8. The Hall–Kier alpha value is -1.68. The first-order valence-corrected chi connectivity index (χ1v) is 6.17. The Morgan fingerprint density at radius 1 is 1.39 bits per heavy atom. The van der Waals surface area contributed by atoms with Gasteiger partial charge in [-0.2, -0.15) is 0 Å². The average molecular weight is 246 g/mol. The van der Waals surface area contributed by atoms with Crippen LogP contribution in [-0.2, 0) is 16.0 Å². The van der Waals surface area contributed by atoms with Crippen molar-refractivity contribution < 1.29 is 9.59 Å². The lowest BCUT2D eigenvalue weighted by Gasteiger charge is -2.11. The van der Waals surface area contributed by atoms with Crippen molar-refractivity contribution in [1.82, 2.24) is 10.2 Å². The van der Waals surface area contributed by atoms with Crippen molar-refractivity contribution in [1.29, 1.82) is 0 Å². The molecule has 0 bridgehead atoms. The third-order valence-corrected chi connectivity index (χ3v) is 3.27. The number of aryl methyl sites for hydroxylation is 1. The Morgan fingerprint density at radius 3 is 2.78 bits per heavy atom. The number of imide groups is 1. The molecule has 1 unspecified atom stereocenters. The molecule has 0 saturated carbocycles. The first kappa shape index (κ1) is 12.8. The number of amides is 2. The van der Waals surface area contributed by atoms with Crippen LogP contribution in [0, 0.1) is 6.92 Å². The van der Waals surface area contributed by atoms with Gasteiger partial charge in [-0.1, -0.05) is 29.8 Å². The number of rotatable bonds is 4. The molecule has 18 heavy (non-hydrogen) atoms. The van der Waals surface area contributed by atoms with Crippen LogP contribution in [0.2, 0.25) is 0 Å². The molecule has 1 N–H and O–H groups in total. The minimum atomic E-state index is -0.340. The van der Waals surface area contributed by atoms with E-state index in [2.05, 4.69) is 30.4 Å². The molecule has 1 aliphatic heterocycles. The van der Waals surface area contributed by atoms with Crippen molar-refractivity contribution in [2.75, 3.05) is 13.6 Å². The Kier molecular flexibility index (Phi) is 3.77. The summed E-state index contributed by atoms with van der Waals surface area (Å²) >= 11 is 0. The summed E-state index contributed by atoms with van der Waals surface area (Å²) in [6, 6.07) is 7.96. The zero-order valence-corrected chi connectivity index (χ0v) is 10.8. The summed E-state index contributed by atoms with van der Waals surface area (Å²) in [5, 5.41) is 3.15. The van der Waals surface area contributed by atoms with Gasteiger partial charge in [0, 0.05) is 7.05 Å². The highest BCUT2D eigenvalue weighted by Crippen LogP contribution is 2.10. The van der Waals surface area contributed by atoms with E-state index in [-0.39, 0.29) is 24.3 Å². The van der Waals surface area contributed by atoms with Crippen molar-refractivity contribution in [2.45, 2.75) is 25.8 Å².